The minimum atomic E-state index is -0.437. The molecule has 0 bridgehead atoms. The Morgan fingerprint density at radius 2 is 2.05 bits per heavy atom. The highest BCUT2D eigenvalue weighted by atomic mass is 16.6. The summed E-state index contributed by atoms with van der Waals surface area (Å²) in [4.78, 5) is 13.7. The Kier molecular flexibility index (Phi) is 5.25. The number of carbonyl (C=O) groups excluding carboxylic acids is 1. The lowest BCUT2D eigenvalue weighted by molar-refractivity contribution is -0.0407. The highest BCUT2D eigenvalue weighted by Gasteiger charge is 2.38. The minimum Gasteiger partial charge on any atom is -0.444 e. The first kappa shape index (κ1) is 16.3. The summed E-state index contributed by atoms with van der Waals surface area (Å²) in [5.74, 6) is 0.562. The van der Waals surface area contributed by atoms with Gasteiger partial charge < -0.3 is 14.4 Å². The maximum Gasteiger partial charge on any atom is 0.410 e. The average Bonchev–Trinajstić information content (AvgIpc) is 2.67. The number of hydrogen-bond donors (Lipinski definition) is 0. The van der Waals surface area contributed by atoms with Crippen LogP contribution in [0.1, 0.15) is 54.4 Å². The van der Waals surface area contributed by atoms with E-state index in [2.05, 4.69) is 20.8 Å². The summed E-state index contributed by atoms with van der Waals surface area (Å²) in [5.41, 5.74) is -0.659. The Bertz CT molecular complexity index is 311. The first-order chi connectivity index (χ1) is 8.65. The summed E-state index contributed by atoms with van der Waals surface area (Å²) in [6.07, 6.45) is 1.76. The van der Waals surface area contributed by atoms with E-state index in [0.29, 0.717) is 19.0 Å². The van der Waals surface area contributed by atoms with Gasteiger partial charge in [-0.2, -0.15) is 0 Å². The molecule has 0 aromatic carbocycles. The van der Waals surface area contributed by atoms with Gasteiger partial charge in [0.25, 0.3) is 0 Å². The molecule has 0 aromatic rings. The molecule has 4 nitrogen and oxygen atoms in total. The number of likely N-dealkylation sites (tertiary alicyclic amines) is 1. The van der Waals surface area contributed by atoms with Crippen molar-refractivity contribution < 1.29 is 14.3 Å². The van der Waals surface area contributed by atoms with Crippen LogP contribution in [0.15, 0.2) is 0 Å². The van der Waals surface area contributed by atoms with Gasteiger partial charge in [0, 0.05) is 13.2 Å². The molecule has 0 aromatic heterocycles. The van der Waals surface area contributed by atoms with Crippen molar-refractivity contribution in [2.45, 2.75) is 65.6 Å². The van der Waals surface area contributed by atoms with Crippen molar-refractivity contribution in [1.29, 1.82) is 0 Å². The van der Waals surface area contributed by atoms with Crippen molar-refractivity contribution in [1.82, 2.24) is 4.90 Å². The fraction of sp³-hybridized carbons (Fsp3) is 0.933. The number of ether oxygens (including phenoxy) is 2. The highest BCUT2D eigenvalue weighted by molar-refractivity contribution is 5.68. The SMILES string of the molecule is CCC(C)COC1(C)CCN(C(=O)OC(C)(C)C)C1. The van der Waals surface area contributed by atoms with E-state index in [0.717, 1.165) is 19.4 Å². The van der Waals surface area contributed by atoms with E-state index in [1.54, 1.807) is 4.90 Å². The normalized spacial score (nSPS) is 25.5. The summed E-state index contributed by atoms with van der Waals surface area (Å²) in [6, 6.07) is 0. The lowest BCUT2D eigenvalue weighted by Gasteiger charge is -2.28. The molecule has 1 aliphatic heterocycles. The fourth-order valence-corrected chi connectivity index (χ4v) is 1.99. The van der Waals surface area contributed by atoms with Gasteiger partial charge >= 0.3 is 6.09 Å². The molecule has 1 rings (SSSR count). The smallest absolute Gasteiger partial charge is 0.410 e. The molecule has 4 heteroatoms. The van der Waals surface area contributed by atoms with E-state index in [1.807, 2.05) is 20.8 Å². The van der Waals surface area contributed by atoms with Crippen molar-refractivity contribution in [3.05, 3.63) is 0 Å². The van der Waals surface area contributed by atoms with Crippen molar-refractivity contribution >= 4 is 6.09 Å². The molecule has 0 radical (unpaired) electrons. The maximum absolute atomic E-state index is 12.0. The summed E-state index contributed by atoms with van der Waals surface area (Å²) in [5, 5.41) is 0. The third-order valence-electron chi connectivity index (χ3n) is 3.50. The second-order valence-corrected chi connectivity index (χ2v) is 6.93. The molecule has 0 saturated carbocycles. The summed E-state index contributed by atoms with van der Waals surface area (Å²) >= 11 is 0. The molecule has 1 aliphatic rings. The Labute approximate surface area is 117 Å². The van der Waals surface area contributed by atoms with E-state index >= 15 is 0 Å². The Morgan fingerprint density at radius 3 is 2.58 bits per heavy atom. The van der Waals surface area contributed by atoms with Gasteiger partial charge in [0.1, 0.15) is 5.60 Å². The summed E-state index contributed by atoms with van der Waals surface area (Å²) < 4.78 is 11.4. The fourth-order valence-electron chi connectivity index (χ4n) is 1.99. The molecular formula is C15H29NO3. The molecule has 1 amide bonds. The minimum absolute atomic E-state index is 0.222. The van der Waals surface area contributed by atoms with Gasteiger partial charge in [0.2, 0.25) is 0 Å². The maximum atomic E-state index is 12.0. The molecule has 2 unspecified atom stereocenters. The van der Waals surface area contributed by atoms with Crippen LogP contribution >= 0.6 is 0 Å². The van der Waals surface area contributed by atoms with Crippen molar-refractivity contribution in [2.75, 3.05) is 19.7 Å². The van der Waals surface area contributed by atoms with Crippen LogP contribution in [0.3, 0.4) is 0 Å². The van der Waals surface area contributed by atoms with Crippen LogP contribution in [0.4, 0.5) is 4.79 Å². The third kappa shape index (κ3) is 5.39. The number of amides is 1. The second kappa shape index (κ2) is 6.12. The lowest BCUT2D eigenvalue weighted by Crippen LogP contribution is -2.39. The highest BCUT2D eigenvalue weighted by Crippen LogP contribution is 2.27. The lowest BCUT2D eigenvalue weighted by atomic mass is 10.1. The van der Waals surface area contributed by atoms with Crippen LogP contribution in [0, 0.1) is 5.92 Å². The molecule has 112 valence electrons. The topological polar surface area (TPSA) is 38.8 Å². The van der Waals surface area contributed by atoms with Gasteiger partial charge in [0.05, 0.1) is 12.1 Å². The monoisotopic (exact) mass is 271 g/mol. The predicted molar refractivity (Wildman–Crippen MR) is 76.2 cm³/mol. The van der Waals surface area contributed by atoms with E-state index in [1.165, 1.54) is 0 Å². The van der Waals surface area contributed by atoms with Crippen LogP contribution in [-0.2, 0) is 9.47 Å². The van der Waals surface area contributed by atoms with Gasteiger partial charge in [-0.3, -0.25) is 0 Å². The second-order valence-electron chi connectivity index (χ2n) is 6.93. The summed E-state index contributed by atoms with van der Waals surface area (Å²) in [6.45, 7) is 14.2. The molecule has 0 spiro atoms. The van der Waals surface area contributed by atoms with Crippen LogP contribution in [0.2, 0.25) is 0 Å². The van der Waals surface area contributed by atoms with Gasteiger partial charge in [-0.25, -0.2) is 4.79 Å². The van der Waals surface area contributed by atoms with Gasteiger partial charge in [-0.15, -0.1) is 0 Å². The van der Waals surface area contributed by atoms with Crippen LogP contribution in [0.5, 0.6) is 0 Å². The predicted octanol–water partition coefficient (Wildman–Crippen LogP) is 3.45. The zero-order valence-electron chi connectivity index (χ0n) is 13.3. The van der Waals surface area contributed by atoms with Crippen molar-refractivity contribution in [3.63, 3.8) is 0 Å². The van der Waals surface area contributed by atoms with E-state index in [9.17, 15) is 4.79 Å². The molecule has 19 heavy (non-hydrogen) atoms. The molecule has 0 N–H and O–H groups in total. The molecule has 1 fully saturated rings. The molecule has 0 aliphatic carbocycles. The molecule has 2 atom stereocenters. The molecule has 1 saturated heterocycles. The number of hydrogen-bond acceptors (Lipinski definition) is 3. The standard InChI is InChI=1S/C15H29NO3/c1-7-12(2)10-18-15(6)8-9-16(11-15)13(17)19-14(3,4)5/h12H,7-11H2,1-6H3. The Balaban J connectivity index is 2.45. The number of rotatable bonds is 4. The van der Waals surface area contributed by atoms with Crippen LogP contribution in [0.25, 0.3) is 0 Å². The van der Waals surface area contributed by atoms with E-state index < -0.39 is 5.60 Å². The quantitative estimate of drug-likeness (QED) is 0.786. The average molecular weight is 271 g/mol. The summed E-state index contributed by atoms with van der Waals surface area (Å²) in [7, 11) is 0. The Hall–Kier alpha value is -0.770. The first-order valence-electron chi connectivity index (χ1n) is 7.27. The largest absolute Gasteiger partial charge is 0.444 e. The number of nitrogens with zero attached hydrogens (tertiary/aromatic N) is 1. The third-order valence-corrected chi connectivity index (χ3v) is 3.50. The first-order valence-corrected chi connectivity index (χ1v) is 7.27. The van der Waals surface area contributed by atoms with Gasteiger partial charge in [-0.05, 0) is 40.0 Å². The van der Waals surface area contributed by atoms with Crippen molar-refractivity contribution in [3.8, 4) is 0 Å². The van der Waals surface area contributed by atoms with Gasteiger partial charge in [0.15, 0.2) is 0 Å². The van der Waals surface area contributed by atoms with E-state index in [4.69, 9.17) is 9.47 Å². The van der Waals surface area contributed by atoms with E-state index in [-0.39, 0.29) is 11.7 Å². The zero-order chi connectivity index (χ0) is 14.7. The van der Waals surface area contributed by atoms with Crippen molar-refractivity contribution in [2.24, 2.45) is 5.92 Å². The van der Waals surface area contributed by atoms with Crippen LogP contribution < -0.4 is 0 Å². The molecule has 1 heterocycles. The van der Waals surface area contributed by atoms with Gasteiger partial charge in [-0.1, -0.05) is 20.3 Å². The number of carbonyl (C=O) groups is 1. The molecular weight excluding hydrogens is 242 g/mol. The zero-order valence-corrected chi connectivity index (χ0v) is 13.3. The Morgan fingerprint density at radius 1 is 1.42 bits per heavy atom. The van der Waals surface area contributed by atoms with Crippen LogP contribution in [-0.4, -0.2) is 41.9 Å².